The summed E-state index contributed by atoms with van der Waals surface area (Å²) in [7, 11) is 0. The van der Waals surface area contributed by atoms with Gasteiger partial charge in [0.15, 0.2) is 5.69 Å². The van der Waals surface area contributed by atoms with Crippen LogP contribution in [0.15, 0.2) is 54.6 Å². The lowest BCUT2D eigenvalue weighted by molar-refractivity contribution is -0.126. The molecule has 0 unspecified atom stereocenters. The van der Waals surface area contributed by atoms with Crippen molar-refractivity contribution in [2.75, 3.05) is 0 Å². The Morgan fingerprint density at radius 1 is 1.09 bits per heavy atom. The molecule has 3 aromatic rings. The predicted octanol–water partition coefficient (Wildman–Crippen LogP) is 6.03. The Labute approximate surface area is 205 Å². The first-order chi connectivity index (χ1) is 15.9. The summed E-state index contributed by atoms with van der Waals surface area (Å²) in [6.45, 7) is 0.130. The molecule has 1 saturated carbocycles. The van der Waals surface area contributed by atoms with Crippen LogP contribution in [0, 0.1) is 5.82 Å². The van der Waals surface area contributed by atoms with Crippen LogP contribution in [-0.4, -0.2) is 27.1 Å². The third kappa shape index (κ3) is 5.54. The van der Waals surface area contributed by atoms with Crippen LogP contribution < -0.4 is 5.32 Å². The highest BCUT2D eigenvalue weighted by Gasteiger charge is 2.35. The molecule has 0 radical (unpaired) electrons. The van der Waals surface area contributed by atoms with Gasteiger partial charge < -0.3 is 10.2 Å². The van der Waals surface area contributed by atoms with E-state index in [4.69, 9.17) is 23.2 Å². The van der Waals surface area contributed by atoms with E-state index in [-0.39, 0.29) is 33.5 Å². The second-order valence-electron chi connectivity index (χ2n) is 7.98. The molecule has 172 valence electrons. The lowest BCUT2D eigenvalue weighted by Crippen LogP contribution is -2.46. The van der Waals surface area contributed by atoms with Gasteiger partial charge in [-0.2, -0.15) is 4.37 Å². The molecule has 1 aliphatic rings. The molecule has 5 nitrogen and oxygen atoms in total. The lowest BCUT2D eigenvalue weighted by atomic mass is 10.0. The zero-order chi connectivity index (χ0) is 23.4. The Morgan fingerprint density at radius 3 is 2.36 bits per heavy atom. The number of benzene rings is 2. The third-order valence-corrected chi connectivity index (χ3v) is 7.32. The maximum Gasteiger partial charge on any atom is 0.276 e. The minimum atomic E-state index is -1.00. The third-order valence-electron chi connectivity index (χ3n) is 5.70. The monoisotopic (exact) mass is 505 g/mol. The summed E-state index contributed by atoms with van der Waals surface area (Å²) in [5, 5.41) is 3.14. The van der Waals surface area contributed by atoms with Crippen LogP contribution in [-0.2, 0) is 11.3 Å². The number of halogens is 3. The number of carbonyl (C=O) groups is 2. The Morgan fingerprint density at radius 2 is 1.76 bits per heavy atom. The van der Waals surface area contributed by atoms with Crippen molar-refractivity contribution < 1.29 is 14.0 Å². The standard InChI is InChI=1S/C24H22Cl2FN3O2S/c25-19-20(29-33-22(19)26)24(32)30(14-15-6-2-1-3-7-15)21(16-10-12-17(27)13-11-16)23(31)28-18-8-4-5-9-18/h1-3,6-7,10-13,18,21H,4-5,8-9,14H2,(H,28,31)/t21-/m0/s1. The number of hydrogen-bond donors (Lipinski definition) is 1. The number of amides is 2. The van der Waals surface area contributed by atoms with E-state index in [0.717, 1.165) is 42.8 Å². The van der Waals surface area contributed by atoms with Crippen LogP contribution in [0.3, 0.4) is 0 Å². The minimum absolute atomic E-state index is 0.0108. The highest BCUT2D eigenvalue weighted by Crippen LogP contribution is 2.33. The normalized spacial score (nSPS) is 14.8. The smallest absolute Gasteiger partial charge is 0.276 e. The zero-order valence-electron chi connectivity index (χ0n) is 17.6. The molecule has 0 spiro atoms. The van der Waals surface area contributed by atoms with Crippen LogP contribution in [0.5, 0.6) is 0 Å². The fourth-order valence-electron chi connectivity index (χ4n) is 4.06. The fourth-order valence-corrected chi connectivity index (χ4v) is 5.04. The number of nitrogens with zero attached hydrogens (tertiary/aromatic N) is 2. The summed E-state index contributed by atoms with van der Waals surface area (Å²) >= 11 is 13.2. The molecule has 0 aliphatic heterocycles. The molecule has 1 fully saturated rings. The van der Waals surface area contributed by atoms with Gasteiger partial charge in [-0.3, -0.25) is 9.59 Å². The molecule has 9 heteroatoms. The number of nitrogens with one attached hydrogen (secondary N) is 1. The van der Waals surface area contributed by atoms with Crippen molar-refractivity contribution in [2.24, 2.45) is 0 Å². The van der Waals surface area contributed by atoms with Crippen molar-refractivity contribution in [3.05, 3.63) is 86.6 Å². The average molecular weight is 506 g/mol. The van der Waals surface area contributed by atoms with E-state index < -0.39 is 17.8 Å². The first kappa shape index (κ1) is 23.7. The van der Waals surface area contributed by atoms with E-state index in [0.29, 0.717) is 5.56 Å². The molecule has 1 heterocycles. The quantitative estimate of drug-likeness (QED) is 0.426. The first-order valence-corrected chi connectivity index (χ1v) is 12.2. The molecule has 2 amide bonds. The molecule has 0 saturated heterocycles. The average Bonchev–Trinajstić information content (AvgIpc) is 3.44. The van der Waals surface area contributed by atoms with Gasteiger partial charge in [-0.15, -0.1) is 0 Å². The van der Waals surface area contributed by atoms with Gasteiger partial charge in [-0.05, 0) is 47.6 Å². The predicted molar refractivity (Wildman–Crippen MR) is 128 cm³/mol. The first-order valence-electron chi connectivity index (χ1n) is 10.7. The maximum absolute atomic E-state index is 13.7. The summed E-state index contributed by atoms with van der Waals surface area (Å²) < 4.78 is 18.0. The lowest BCUT2D eigenvalue weighted by Gasteiger charge is -2.32. The van der Waals surface area contributed by atoms with Crippen molar-refractivity contribution in [3.8, 4) is 0 Å². The summed E-state index contributed by atoms with van der Waals surface area (Å²) in [5.74, 6) is -1.28. The van der Waals surface area contributed by atoms with Gasteiger partial charge in [-0.1, -0.05) is 78.5 Å². The van der Waals surface area contributed by atoms with Crippen molar-refractivity contribution in [3.63, 3.8) is 0 Å². The fraction of sp³-hybridized carbons (Fsp3) is 0.292. The molecule has 0 bridgehead atoms. The molecule has 1 aliphatic carbocycles. The van der Waals surface area contributed by atoms with E-state index in [9.17, 15) is 14.0 Å². The molecule has 1 atom stereocenters. The number of aromatic nitrogens is 1. The molecule has 1 aromatic heterocycles. The number of carbonyl (C=O) groups excluding carboxylic acids is 2. The van der Waals surface area contributed by atoms with E-state index >= 15 is 0 Å². The summed E-state index contributed by atoms with van der Waals surface area (Å²) in [4.78, 5) is 28.7. The van der Waals surface area contributed by atoms with Crippen molar-refractivity contribution in [1.29, 1.82) is 0 Å². The van der Waals surface area contributed by atoms with Crippen molar-refractivity contribution in [2.45, 2.75) is 44.3 Å². The zero-order valence-corrected chi connectivity index (χ0v) is 20.0. The second-order valence-corrected chi connectivity index (χ2v) is 9.74. The van der Waals surface area contributed by atoms with Gasteiger partial charge >= 0.3 is 0 Å². The summed E-state index contributed by atoms with van der Waals surface area (Å²) in [5.41, 5.74) is 1.31. The van der Waals surface area contributed by atoms with E-state index in [1.54, 1.807) is 0 Å². The van der Waals surface area contributed by atoms with Crippen LogP contribution in [0.2, 0.25) is 9.36 Å². The largest absolute Gasteiger partial charge is 0.351 e. The van der Waals surface area contributed by atoms with Crippen molar-refractivity contribution in [1.82, 2.24) is 14.6 Å². The molecule has 1 N–H and O–H groups in total. The molecule has 4 rings (SSSR count). The minimum Gasteiger partial charge on any atom is -0.351 e. The van der Waals surface area contributed by atoms with Crippen LogP contribution in [0.1, 0.15) is 53.3 Å². The molecular weight excluding hydrogens is 484 g/mol. The Hall–Kier alpha value is -2.48. The Kier molecular flexibility index (Phi) is 7.63. The van der Waals surface area contributed by atoms with Crippen molar-refractivity contribution >= 4 is 46.5 Å². The highest BCUT2D eigenvalue weighted by atomic mass is 35.5. The number of rotatable bonds is 7. The topological polar surface area (TPSA) is 62.3 Å². The highest BCUT2D eigenvalue weighted by molar-refractivity contribution is 7.11. The SMILES string of the molecule is O=C(NC1CCCC1)[C@H](c1ccc(F)cc1)N(Cc1ccccc1)C(=O)c1nsc(Cl)c1Cl. The van der Waals surface area contributed by atoms with E-state index in [1.165, 1.54) is 29.2 Å². The van der Waals surface area contributed by atoms with Crippen LogP contribution >= 0.6 is 34.7 Å². The summed E-state index contributed by atoms with van der Waals surface area (Å²) in [6.07, 6.45) is 3.88. The Balaban J connectivity index is 1.76. The Bertz CT molecular complexity index is 1120. The maximum atomic E-state index is 13.7. The van der Waals surface area contributed by atoms with Crippen LogP contribution in [0.25, 0.3) is 0 Å². The second kappa shape index (κ2) is 10.6. The summed E-state index contributed by atoms with van der Waals surface area (Å²) in [6, 6.07) is 14.0. The van der Waals surface area contributed by atoms with Gasteiger partial charge in [0.1, 0.15) is 21.2 Å². The van der Waals surface area contributed by atoms with Gasteiger partial charge in [0.05, 0.1) is 0 Å². The number of hydrogen-bond acceptors (Lipinski definition) is 4. The van der Waals surface area contributed by atoms with Gasteiger partial charge in [0.2, 0.25) is 5.91 Å². The van der Waals surface area contributed by atoms with Gasteiger partial charge in [0, 0.05) is 12.6 Å². The molecule has 2 aromatic carbocycles. The van der Waals surface area contributed by atoms with Gasteiger partial charge in [-0.25, -0.2) is 4.39 Å². The van der Waals surface area contributed by atoms with E-state index in [2.05, 4.69) is 9.69 Å². The van der Waals surface area contributed by atoms with Gasteiger partial charge in [0.25, 0.3) is 5.91 Å². The van der Waals surface area contributed by atoms with Crippen LogP contribution in [0.4, 0.5) is 4.39 Å². The molecule has 33 heavy (non-hydrogen) atoms. The van der Waals surface area contributed by atoms with E-state index in [1.807, 2.05) is 30.3 Å². The molecular formula is C24H22Cl2FN3O2S.